The lowest BCUT2D eigenvalue weighted by molar-refractivity contribution is -0.139. The number of carbonyl (C=O) groups excluding carboxylic acids is 1. The molecule has 0 saturated heterocycles. The van der Waals surface area contributed by atoms with Gasteiger partial charge in [0.15, 0.2) is 6.61 Å². The molecule has 1 unspecified atom stereocenters. The van der Waals surface area contributed by atoms with Gasteiger partial charge in [0, 0.05) is 6.42 Å². The number of carboxylic acid groups (broad SMARTS) is 1. The van der Waals surface area contributed by atoms with Crippen molar-refractivity contribution in [3.63, 3.8) is 0 Å². The molecule has 0 radical (unpaired) electrons. The van der Waals surface area contributed by atoms with Crippen molar-refractivity contribution in [3.8, 4) is 5.75 Å². The Kier molecular flexibility index (Phi) is 6.85. The van der Waals surface area contributed by atoms with Crippen LogP contribution in [0.3, 0.4) is 0 Å². The minimum atomic E-state index is -0.998. The van der Waals surface area contributed by atoms with Gasteiger partial charge in [-0.3, -0.25) is 4.79 Å². The van der Waals surface area contributed by atoms with Gasteiger partial charge in [0.25, 0.3) is 0 Å². The number of ether oxygens (including phenoxy) is 1. The molecule has 2 N–H and O–H groups in total. The zero-order valence-electron chi connectivity index (χ0n) is 17.9. The average Bonchev–Trinajstić information content (AvgIpc) is 2.82. The number of amides is 1. The zero-order valence-corrected chi connectivity index (χ0v) is 17.9. The molecule has 0 aromatic heterocycles. The Balaban J connectivity index is 1.52. The van der Waals surface area contributed by atoms with Crippen LogP contribution in [0.2, 0.25) is 0 Å². The van der Waals surface area contributed by atoms with Gasteiger partial charge in [-0.2, -0.15) is 0 Å². The zero-order chi connectivity index (χ0) is 22.3. The van der Waals surface area contributed by atoms with E-state index in [-0.39, 0.29) is 24.5 Å². The summed E-state index contributed by atoms with van der Waals surface area (Å²) in [5, 5.41) is 12.2. The van der Waals surface area contributed by atoms with Crippen LogP contribution in [-0.2, 0) is 16.0 Å². The van der Waals surface area contributed by atoms with Gasteiger partial charge < -0.3 is 15.2 Å². The van der Waals surface area contributed by atoms with Gasteiger partial charge in [0.1, 0.15) is 5.75 Å². The second-order valence-corrected chi connectivity index (χ2v) is 8.12. The molecular formula is C27H27NO4. The smallest absolute Gasteiger partial charge is 0.341 e. The van der Waals surface area contributed by atoms with Crippen LogP contribution in [0.15, 0.2) is 78.9 Å². The molecule has 3 aromatic carbocycles. The molecule has 1 atom stereocenters. The first kappa shape index (κ1) is 21.6. The lowest BCUT2D eigenvalue weighted by Crippen LogP contribution is -2.31. The van der Waals surface area contributed by atoms with E-state index in [4.69, 9.17) is 9.84 Å². The summed E-state index contributed by atoms with van der Waals surface area (Å²) < 4.78 is 5.50. The number of carbonyl (C=O) groups is 2. The van der Waals surface area contributed by atoms with Crippen molar-refractivity contribution in [1.29, 1.82) is 0 Å². The van der Waals surface area contributed by atoms with Crippen molar-refractivity contribution in [2.45, 2.75) is 37.6 Å². The first-order valence-electron chi connectivity index (χ1n) is 11.0. The molecule has 5 nitrogen and oxygen atoms in total. The largest absolute Gasteiger partial charge is 0.482 e. The summed E-state index contributed by atoms with van der Waals surface area (Å²) in [7, 11) is 0. The van der Waals surface area contributed by atoms with Crippen molar-refractivity contribution in [2.75, 3.05) is 6.61 Å². The summed E-state index contributed by atoms with van der Waals surface area (Å²) in [4.78, 5) is 24.1. The van der Waals surface area contributed by atoms with Gasteiger partial charge in [-0.1, -0.05) is 72.8 Å². The first-order chi connectivity index (χ1) is 15.6. The third-order valence-corrected chi connectivity index (χ3v) is 5.94. The Labute approximate surface area is 188 Å². The van der Waals surface area contributed by atoms with E-state index in [0.717, 1.165) is 41.5 Å². The van der Waals surface area contributed by atoms with Crippen LogP contribution in [0.25, 0.3) is 0 Å². The Morgan fingerprint density at radius 1 is 0.938 bits per heavy atom. The molecule has 0 fully saturated rings. The SMILES string of the molecule is O=C(O)COc1cccc2c1CCCC2CC(=O)NC(c1ccccc1)c1ccccc1. The normalized spacial score (nSPS) is 15.1. The standard InChI is InChI=1S/C27H27NO4/c29-25(28-27(19-9-3-1-4-10-19)20-11-5-2-6-12-20)17-21-13-7-15-23-22(21)14-8-16-24(23)32-18-26(30)31/h1-6,8-12,14,16,21,27H,7,13,15,17-18H2,(H,28,29)(H,30,31). The lowest BCUT2D eigenvalue weighted by atomic mass is 9.80. The van der Waals surface area contributed by atoms with E-state index < -0.39 is 5.97 Å². The fraction of sp³-hybridized carbons (Fsp3) is 0.259. The van der Waals surface area contributed by atoms with Gasteiger partial charge in [-0.05, 0) is 53.5 Å². The van der Waals surface area contributed by atoms with Crippen LogP contribution in [0.1, 0.15) is 53.5 Å². The molecule has 164 valence electrons. The van der Waals surface area contributed by atoms with Gasteiger partial charge in [-0.15, -0.1) is 0 Å². The maximum Gasteiger partial charge on any atom is 0.341 e. The minimum absolute atomic E-state index is 0.00239. The molecule has 0 spiro atoms. The van der Waals surface area contributed by atoms with E-state index in [2.05, 4.69) is 5.32 Å². The second kappa shape index (κ2) is 10.1. The first-order valence-corrected chi connectivity index (χ1v) is 11.0. The van der Waals surface area contributed by atoms with Gasteiger partial charge in [-0.25, -0.2) is 4.79 Å². The number of hydrogen-bond acceptors (Lipinski definition) is 3. The Bertz CT molecular complexity index is 1030. The van der Waals surface area contributed by atoms with Gasteiger partial charge in [0.05, 0.1) is 6.04 Å². The van der Waals surface area contributed by atoms with E-state index in [1.165, 1.54) is 0 Å². The van der Waals surface area contributed by atoms with Crippen molar-refractivity contribution in [3.05, 3.63) is 101 Å². The van der Waals surface area contributed by atoms with Crippen molar-refractivity contribution in [2.24, 2.45) is 0 Å². The number of nitrogens with one attached hydrogen (secondary N) is 1. The molecular weight excluding hydrogens is 402 g/mol. The number of aliphatic carboxylic acids is 1. The average molecular weight is 430 g/mol. The number of hydrogen-bond donors (Lipinski definition) is 2. The molecule has 1 aliphatic rings. The molecule has 0 bridgehead atoms. The van der Waals surface area contributed by atoms with E-state index in [1.54, 1.807) is 0 Å². The van der Waals surface area contributed by atoms with Crippen LogP contribution >= 0.6 is 0 Å². The number of benzene rings is 3. The highest BCUT2D eigenvalue weighted by molar-refractivity contribution is 5.78. The Hall–Kier alpha value is -3.60. The maximum atomic E-state index is 13.2. The highest BCUT2D eigenvalue weighted by atomic mass is 16.5. The van der Waals surface area contributed by atoms with Crippen LogP contribution in [-0.4, -0.2) is 23.6 Å². The third kappa shape index (κ3) is 5.17. The quantitative estimate of drug-likeness (QED) is 0.536. The summed E-state index contributed by atoms with van der Waals surface area (Å²) in [5.74, 6) is -0.305. The maximum absolute atomic E-state index is 13.2. The van der Waals surface area contributed by atoms with Crippen LogP contribution < -0.4 is 10.1 Å². The van der Waals surface area contributed by atoms with E-state index in [1.807, 2.05) is 78.9 Å². The molecule has 1 amide bonds. The highest BCUT2D eigenvalue weighted by Gasteiger charge is 2.26. The van der Waals surface area contributed by atoms with Crippen molar-refractivity contribution in [1.82, 2.24) is 5.32 Å². The molecule has 5 heteroatoms. The molecule has 0 aliphatic heterocycles. The third-order valence-electron chi connectivity index (χ3n) is 5.94. The van der Waals surface area contributed by atoms with E-state index in [9.17, 15) is 9.59 Å². The summed E-state index contributed by atoms with van der Waals surface area (Å²) in [5.41, 5.74) is 4.20. The van der Waals surface area contributed by atoms with Crippen LogP contribution in [0.5, 0.6) is 5.75 Å². The fourth-order valence-electron chi connectivity index (χ4n) is 4.49. The molecule has 4 rings (SSSR count). The monoisotopic (exact) mass is 429 g/mol. The minimum Gasteiger partial charge on any atom is -0.482 e. The van der Waals surface area contributed by atoms with E-state index >= 15 is 0 Å². The molecule has 1 aliphatic carbocycles. The molecule has 32 heavy (non-hydrogen) atoms. The van der Waals surface area contributed by atoms with Crippen molar-refractivity contribution >= 4 is 11.9 Å². The Morgan fingerprint density at radius 3 is 2.22 bits per heavy atom. The molecule has 0 saturated carbocycles. The fourth-order valence-corrected chi connectivity index (χ4v) is 4.49. The topological polar surface area (TPSA) is 75.6 Å². The summed E-state index contributed by atoms with van der Waals surface area (Å²) >= 11 is 0. The number of rotatable bonds is 8. The van der Waals surface area contributed by atoms with Gasteiger partial charge in [0.2, 0.25) is 5.91 Å². The van der Waals surface area contributed by atoms with Crippen LogP contribution in [0, 0.1) is 0 Å². The number of fused-ring (bicyclic) bond motifs is 1. The molecule has 0 heterocycles. The highest BCUT2D eigenvalue weighted by Crippen LogP contribution is 2.38. The molecule has 3 aromatic rings. The second-order valence-electron chi connectivity index (χ2n) is 8.12. The predicted octanol–water partition coefficient (Wildman–Crippen LogP) is 4.87. The van der Waals surface area contributed by atoms with Gasteiger partial charge >= 0.3 is 5.97 Å². The van der Waals surface area contributed by atoms with Crippen molar-refractivity contribution < 1.29 is 19.4 Å². The lowest BCUT2D eigenvalue weighted by Gasteiger charge is -2.28. The predicted molar refractivity (Wildman–Crippen MR) is 123 cm³/mol. The summed E-state index contributed by atoms with van der Waals surface area (Å²) in [6.07, 6.45) is 3.08. The summed E-state index contributed by atoms with van der Waals surface area (Å²) in [6.45, 7) is -0.364. The Morgan fingerprint density at radius 2 is 1.59 bits per heavy atom. The summed E-state index contributed by atoms with van der Waals surface area (Å²) in [6, 6.07) is 25.5. The van der Waals surface area contributed by atoms with Crippen LogP contribution in [0.4, 0.5) is 0 Å². The number of carboxylic acids is 1. The van der Waals surface area contributed by atoms with E-state index in [0.29, 0.717) is 12.2 Å².